The Balaban J connectivity index is 3.16. The van der Waals surface area contributed by atoms with Crippen molar-refractivity contribution in [2.24, 2.45) is 0 Å². The number of hydrogen-bond donors (Lipinski definition) is 1. The first-order chi connectivity index (χ1) is 7.19. The quantitative estimate of drug-likeness (QED) is 0.683. The summed E-state index contributed by atoms with van der Waals surface area (Å²) >= 11 is -1.39. The summed E-state index contributed by atoms with van der Waals surface area (Å²) in [7, 11) is 0. The molecule has 0 bridgehead atoms. The molecule has 0 unspecified atom stereocenters. The van der Waals surface area contributed by atoms with Gasteiger partial charge in [-0.1, -0.05) is 18.2 Å². The molecule has 78 valence electrons. The first-order valence-corrected chi connectivity index (χ1v) is 6.18. The van der Waals surface area contributed by atoms with Gasteiger partial charge in [-0.2, -0.15) is 0 Å². The zero-order valence-electron chi connectivity index (χ0n) is 7.87. The smallest absolute Gasteiger partial charge is 0.307 e. The molecular weight excluding hydrogens is 307 g/mol. The van der Waals surface area contributed by atoms with Crippen LogP contribution in [0.4, 0.5) is 0 Å². The Bertz CT molecular complexity index is 432. The van der Waals surface area contributed by atoms with Gasteiger partial charge in [-0.05, 0) is 11.1 Å². The van der Waals surface area contributed by atoms with Gasteiger partial charge in [0.25, 0.3) is 0 Å². The molecule has 0 spiro atoms. The third-order valence-corrected chi connectivity index (χ3v) is 3.70. The van der Waals surface area contributed by atoms with E-state index in [9.17, 15) is 7.86 Å². The number of halogens is 1. The molecule has 1 N–H and O–H groups in total. The van der Waals surface area contributed by atoms with Gasteiger partial charge in [0.2, 0.25) is 0 Å². The van der Waals surface area contributed by atoms with Crippen molar-refractivity contribution >= 4 is 27.2 Å². The molecule has 3 nitrogen and oxygen atoms in total. The zero-order chi connectivity index (χ0) is 11.3. The number of carbonyl (C=O) groups is 1. The summed E-state index contributed by atoms with van der Waals surface area (Å²) in [5, 5.41) is 8.68. The van der Waals surface area contributed by atoms with E-state index in [0.717, 1.165) is 5.56 Å². The summed E-state index contributed by atoms with van der Waals surface area (Å²) < 4.78 is 11.7. The molecule has 0 fully saturated rings. The Morgan fingerprint density at radius 1 is 1.47 bits per heavy atom. The largest absolute Gasteiger partial charge is 0.481 e. The molecule has 0 aliphatic carbocycles. The van der Waals surface area contributed by atoms with Crippen LogP contribution in [-0.2, 0) is 20.7 Å². The van der Waals surface area contributed by atoms with Crippen LogP contribution in [0.2, 0.25) is 0 Å². The molecule has 15 heavy (non-hydrogen) atoms. The Morgan fingerprint density at radius 3 is 2.67 bits per heavy atom. The van der Waals surface area contributed by atoms with Gasteiger partial charge in [0, 0.05) is 6.42 Å². The fraction of sp³-hybridized carbons (Fsp3) is 0.182. The predicted octanol–water partition coefficient (Wildman–Crippen LogP) is 1.98. The van der Waals surface area contributed by atoms with Gasteiger partial charge in [0.15, 0.2) is 21.2 Å². The number of hydrogen-bond acceptors (Lipinski definition) is 2. The van der Waals surface area contributed by atoms with Crippen molar-refractivity contribution < 1.29 is 13.0 Å². The van der Waals surface area contributed by atoms with Crippen molar-refractivity contribution in [1.82, 2.24) is 0 Å². The third-order valence-electron chi connectivity index (χ3n) is 1.87. The van der Waals surface area contributed by atoms with Crippen LogP contribution in [0, 0.1) is 15.9 Å². The second-order valence-electron chi connectivity index (χ2n) is 2.92. The molecule has 1 aromatic carbocycles. The summed E-state index contributed by atoms with van der Waals surface area (Å²) in [4.78, 5) is 10.6. The van der Waals surface area contributed by atoms with Crippen LogP contribution in [0.25, 0.3) is 0 Å². The highest BCUT2D eigenvalue weighted by atomic mass is 127. The van der Waals surface area contributed by atoms with E-state index < -0.39 is 27.2 Å². The van der Waals surface area contributed by atoms with E-state index >= 15 is 0 Å². The highest BCUT2D eigenvalue weighted by molar-refractivity contribution is 14.1. The van der Waals surface area contributed by atoms with E-state index in [0.29, 0.717) is 15.6 Å². The van der Waals surface area contributed by atoms with Crippen molar-refractivity contribution in [1.29, 1.82) is 0 Å². The van der Waals surface area contributed by atoms with Crippen LogP contribution in [0.3, 0.4) is 0 Å². The van der Waals surface area contributed by atoms with Gasteiger partial charge in [0.05, 0.1) is 9.99 Å². The number of carboxylic acids is 1. The molecule has 0 aromatic heterocycles. The lowest BCUT2D eigenvalue weighted by molar-refractivity contribution is -0.136. The van der Waals surface area contributed by atoms with E-state index in [1.807, 2.05) is 0 Å². The average Bonchev–Trinajstić information content (AvgIpc) is 2.18. The minimum Gasteiger partial charge on any atom is -0.481 e. The Kier molecular flexibility index (Phi) is 4.43. The molecule has 0 saturated carbocycles. The molecule has 0 heterocycles. The van der Waals surface area contributed by atoms with Gasteiger partial charge < -0.3 is 5.11 Å². The van der Waals surface area contributed by atoms with Crippen LogP contribution in [0.15, 0.2) is 18.2 Å². The standard InChI is InChI=1S/C11H9IO3/c1-2-4-8-5-3-6-9(7-10(13)14)11(8)12-15/h1,3,5-6H,4,7H2,(H,13,14). The third kappa shape index (κ3) is 3.13. The Labute approximate surface area is 98.1 Å². The molecule has 1 rings (SSSR count). The van der Waals surface area contributed by atoms with E-state index in [4.69, 9.17) is 11.5 Å². The maximum atomic E-state index is 11.1. The first kappa shape index (κ1) is 11.9. The maximum absolute atomic E-state index is 11.1. The molecule has 0 radical (unpaired) electrons. The fourth-order valence-electron chi connectivity index (χ4n) is 1.28. The number of rotatable bonds is 4. The van der Waals surface area contributed by atoms with Crippen LogP contribution < -0.4 is 0 Å². The van der Waals surface area contributed by atoms with Crippen LogP contribution in [0.1, 0.15) is 11.1 Å². The molecule has 0 saturated heterocycles. The highest BCUT2D eigenvalue weighted by Crippen LogP contribution is 2.21. The monoisotopic (exact) mass is 316 g/mol. The maximum Gasteiger partial charge on any atom is 0.307 e. The number of terminal acetylenes is 1. The minimum absolute atomic E-state index is 0.101. The van der Waals surface area contributed by atoms with Gasteiger partial charge in [-0.25, -0.2) is 0 Å². The van der Waals surface area contributed by atoms with Crippen molar-refractivity contribution in [3.8, 4) is 12.3 Å². The molecule has 0 atom stereocenters. The van der Waals surface area contributed by atoms with E-state index in [1.165, 1.54) is 0 Å². The summed E-state index contributed by atoms with van der Waals surface area (Å²) in [6.07, 6.45) is 5.47. The van der Waals surface area contributed by atoms with Gasteiger partial charge in [-0.15, -0.1) is 12.3 Å². The summed E-state index contributed by atoms with van der Waals surface area (Å²) in [5.74, 6) is 1.55. The fourth-order valence-corrected chi connectivity index (χ4v) is 2.58. The average molecular weight is 316 g/mol. The molecule has 1 aromatic rings. The van der Waals surface area contributed by atoms with E-state index in [1.54, 1.807) is 18.2 Å². The zero-order valence-corrected chi connectivity index (χ0v) is 10.0. The molecule has 0 amide bonds. The molecular formula is C11H9IO3. The van der Waals surface area contributed by atoms with Crippen molar-refractivity contribution in [3.63, 3.8) is 0 Å². The second-order valence-corrected chi connectivity index (χ2v) is 4.44. The van der Waals surface area contributed by atoms with Crippen molar-refractivity contribution in [2.75, 3.05) is 0 Å². The normalized spacial score (nSPS) is 9.53. The van der Waals surface area contributed by atoms with E-state index in [2.05, 4.69) is 5.92 Å². The number of benzene rings is 1. The number of aliphatic carboxylic acids is 1. The molecule has 0 aliphatic rings. The van der Waals surface area contributed by atoms with Crippen molar-refractivity contribution in [3.05, 3.63) is 32.9 Å². The van der Waals surface area contributed by atoms with Crippen molar-refractivity contribution in [2.45, 2.75) is 12.8 Å². The minimum atomic E-state index is -1.39. The van der Waals surface area contributed by atoms with Crippen LogP contribution in [0.5, 0.6) is 0 Å². The summed E-state index contributed by atoms with van der Waals surface area (Å²) in [5.41, 5.74) is 1.41. The second kappa shape index (κ2) is 5.61. The van der Waals surface area contributed by atoms with Gasteiger partial charge in [-0.3, -0.25) is 7.86 Å². The summed E-state index contributed by atoms with van der Waals surface area (Å²) in [6.45, 7) is 0. The van der Waals surface area contributed by atoms with Gasteiger partial charge >= 0.3 is 5.97 Å². The lowest BCUT2D eigenvalue weighted by Crippen LogP contribution is -2.03. The van der Waals surface area contributed by atoms with Crippen LogP contribution in [-0.4, -0.2) is 11.1 Å². The summed E-state index contributed by atoms with van der Waals surface area (Å²) in [6, 6.07) is 5.22. The highest BCUT2D eigenvalue weighted by Gasteiger charge is 2.10. The first-order valence-electron chi connectivity index (χ1n) is 4.22. The topological polar surface area (TPSA) is 54.4 Å². The Hall–Kier alpha value is -1.22. The number of carboxylic acid groups (broad SMARTS) is 1. The SMILES string of the molecule is C#CCc1cccc(CC(=O)O)c1I=O. The van der Waals surface area contributed by atoms with E-state index in [-0.39, 0.29) is 6.42 Å². The lowest BCUT2D eigenvalue weighted by atomic mass is 10.1. The molecule has 0 aliphatic heterocycles. The van der Waals surface area contributed by atoms with Gasteiger partial charge in [0.1, 0.15) is 0 Å². The lowest BCUT2D eigenvalue weighted by Gasteiger charge is -2.05. The van der Waals surface area contributed by atoms with Crippen LogP contribution >= 0.6 is 21.2 Å². The Morgan fingerprint density at radius 2 is 2.13 bits per heavy atom. The predicted molar refractivity (Wildman–Crippen MR) is 63.7 cm³/mol. The molecule has 4 heteroatoms.